The number of carbonyl (C=O) groups excluding carboxylic acids is 4. The summed E-state index contributed by atoms with van der Waals surface area (Å²) in [5, 5.41) is 25.2. The lowest BCUT2D eigenvalue weighted by Crippen LogP contribution is -2.40. The van der Waals surface area contributed by atoms with Crippen LogP contribution in [0.4, 0.5) is 11.4 Å². The van der Waals surface area contributed by atoms with Crippen molar-refractivity contribution in [3.8, 4) is 12.1 Å². The molecule has 0 unspecified atom stereocenters. The van der Waals surface area contributed by atoms with Crippen molar-refractivity contribution in [2.75, 3.05) is 9.80 Å². The molecule has 4 amide bonds. The third kappa shape index (κ3) is 4.04. The van der Waals surface area contributed by atoms with Crippen LogP contribution in [0.3, 0.4) is 0 Å². The molecule has 56 heavy (non-hydrogen) atoms. The Labute approximate surface area is 318 Å². The van der Waals surface area contributed by atoms with Crippen LogP contribution in [0.25, 0.3) is 43.1 Å². The summed E-state index contributed by atoms with van der Waals surface area (Å²) >= 11 is 0. The number of rotatable bonds is 4. The van der Waals surface area contributed by atoms with Gasteiger partial charge in [0.25, 0.3) is 23.6 Å². The van der Waals surface area contributed by atoms with Crippen molar-refractivity contribution in [3.63, 3.8) is 0 Å². The highest BCUT2D eigenvalue weighted by molar-refractivity contribution is 6.46. The fourth-order valence-electron chi connectivity index (χ4n) is 9.11. The van der Waals surface area contributed by atoms with E-state index in [1.165, 1.54) is 12.1 Å². The zero-order chi connectivity index (χ0) is 38.0. The van der Waals surface area contributed by atoms with Gasteiger partial charge in [0.2, 0.25) is 0 Å². The average Bonchev–Trinajstić information content (AvgIpc) is 3.98. The van der Waals surface area contributed by atoms with Crippen molar-refractivity contribution in [2.45, 2.75) is 11.8 Å². The molecule has 2 aliphatic heterocycles. The Kier molecular flexibility index (Phi) is 6.36. The van der Waals surface area contributed by atoms with Gasteiger partial charge < -0.3 is 0 Å². The molecule has 0 bridgehead atoms. The minimum Gasteiger partial charge on any atom is -0.268 e. The molecule has 0 N–H and O–H groups in total. The second-order valence-electron chi connectivity index (χ2n) is 14.4. The zero-order valence-electron chi connectivity index (χ0n) is 29.3. The van der Waals surface area contributed by atoms with Crippen LogP contribution in [0, 0.1) is 22.7 Å². The first-order valence-electron chi connectivity index (χ1n) is 18.1. The Balaban J connectivity index is 1.12. The van der Waals surface area contributed by atoms with E-state index in [0.29, 0.717) is 54.5 Å². The van der Waals surface area contributed by atoms with Gasteiger partial charge in [-0.3, -0.25) is 19.2 Å². The van der Waals surface area contributed by atoms with Crippen LogP contribution < -0.4 is 9.80 Å². The number of hydrogen-bond donors (Lipinski definition) is 0. The summed E-state index contributed by atoms with van der Waals surface area (Å²) in [7, 11) is 0. The lowest BCUT2D eigenvalue weighted by atomic mass is 9.79. The number of amides is 4. The fraction of sp³-hybridized carbons (Fsp3) is 0.0417. The zero-order valence-corrected chi connectivity index (χ0v) is 29.3. The molecule has 4 aliphatic rings. The van der Waals surface area contributed by atoms with E-state index in [1.807, 2.05) is 48.6 Å². The van der Waals surface area contributed by atoms with E-state index in [1.54, 1.807) is 48.5 Å². The lowest BCUT2D eigenvalue weighted by Gasteiger charge is -2.31. The van der Waals surface area contributed by atoms with E-state index in [2.05, 4.69) is 36.4 Å². The molecule has 8 nitrogen and oxygen atoms in total. The first-order chi connectivity index (χ1) is 27.4. The molecular weight excluding hydrogens is 697 g/mol. The largest absolute Gasteiger partial charge is 0.268 e. The summed E-state index contributed by atoms with van der Waals surface area (Å²) in [5.41, 5.74) is 4.21. The minimum absolute atomic E-state index is 0.114. The van der Waals surface area contributed by atoms with Crippen LogP contribution in [-0.4, -0.2) is 23.6 Å². The first-order valence-corrected chi connectivity index (χ1v) is 18.1. The van der Waals surface area contributed by atoms with Gasteiger partial charge >= 0.3 is 0 Å². The molecule has 7 aromatic rings. The number of fused-ring (bicyclic) bond motifs is 2. The van der Waals surface area contributed by atoms with Crippen molar-refractivity contribution < 1.29 is 19.2 Å². The van der Waals surface area contributed by atoms with Gasteiger partial charge in [0, 0.05) is 55.3 Å². The van der Waals surface area contributed by atoms with Crippen LogP contribution in [0.5, 0.6) is 0 Å². The lowest BCUT2D eigenvalue weighted by molar-refractivity contribution is 0.0877. The predicted molar refractivity (Wildman–Crippen MR) is 214 cm³/mol. The second-order valence-corrected chi connectivity index (χ2v) is 14.4. The third-order valence-corrected chi connectivity index (χ3v) is 11.6. The summed E-state index contributed by atoms with van der Waals surface area (Å²) < 4.78 is 0. The second kappa shape index (κ2) is 11.3. The van der Waals surface area contributed by atoms with Gasteiger partial charge in [-0.25, -0.2) is 9.80 Å². The number of nitrogens with zero attached hydrogens (tertiary/aromatic N) is 4. The fourth-order valence-corrected chi connectivity index (χ4v) is 9.11. The molecule has 0 atom stereocenters. The Bertz CT molecular complexity index is 3000. The molecule has 0 fully saturated rings. The highest BCUT2D eigenvalue weighted by Crippen LogP contribution is 2.49. The molecule has 260 valence electrons. The maximum absolute atomic E-state index is 14.4. The molecule has 2 heterocycles. The SMILES string of the molecule is N#Cc1cc2c3c(ccc4c5c(C#N)cc6c7c(ccc(c1c34)c75)C(=O)N(c1ccc(C3C=CC=C3)cc1)C6=O)C(=O)N(c1ccc(C3C=CC=C3)cc1)C2=O. The molecule has 7 aromatic carbocycles. The van der Waals surface area contributed by atoms with E-state index in [0.717, 1.165) is 20.9 Å². The molecule has 0 radical (unpaired) electrons. The van der Waals surface area contributed by atoms with Crippen LogP contribution in [0.15, 0.2) is 134 Å². The monoisotopic (exact) mass is 720 g/mol. The molecule has 8 heteroatoms. The van der Waals surface area contributed by atoms with Gasteiger partial charge in [0.1, 0.15) is 0 Å². The highest BCUT2D eigenvalue weighted by atomic mass is 16.2. The molecule has 0 saturated heterocycles. The predicted octanol–water partition coefficient (Wildman–Crippen LogP) is 9.50. The number of hydrogen-bond acceptors (Lipinski definition) is 6. The Morgan fingerprint density at radius 1 is 0.411 bits per heavy atom. The molecule has 0 spiro atoms. The van der Waals surface area contributed by atoms with Crippen LogP contribution in [0.2, 0.25) is 0 Å². The van der Waals surface area contributed by atoms with Gasteiger partial charge in [-0.2, -0.15) is 10.5 Å². The van der Waals surface area contributed by atoms with Gasteiger partial charge in [-0.15, -0.1) is 0 Å². The number of imide groups is 2. The summed E-state index contributed by atoms with van der Waals surface area (Å²) in [6, 6.07) is 29.0. The smallest absolute Gasteiger partial charge is 0.266 e. The number of nitriles is 2. The Morgan fingerprint density at radius 3 is 1.12 bits per heavy atom. The van der Waals surface area contributed by atoms with E-state index < -0.39 is 23.6 Å². The van der Waals surface area contributed by atoms with Crippen molar-refractivity contribution in [1.82, 2.24) is 0 Å². The molecule has 11 rings (SSSR count). The van der Waals surface area contributed by atoms with Crippen molar-refractivity contribution in [3.05, 3.63) is 178 Å². The van der Waals surface area contributed by atoms with Gasteiger partial charge in [0.15, 0.2) is 0 Å². The highest BCUT2D eigenvalue weighted by Gasteiger charge is 2.39. The molecule has 0 saturated carbocycles. The number of allylic oxidation sites excluding steroid dienone is 8. The minimum atomic E-state index is -0.562. The maximum Gasteiger partial charge on any atom is 0.266 e. The summed E-state index contributed by atoms with van der Waals surface area (Å²) in [6.07, 6.45) is 16.2. The Hall–Kier alpha value is -7.94. The Morgan fingerprint density at radius 2 is 0.768 bits per heavy atom. The van der Waals surface area contributed by atoms with Crippen LogP contribution in [0.1, 0.15) is 75.5 Å². The molecule has 0 aromatic heterocycles. The van der Waals surface area contributed by atoms with Crippen LogP contribution >= 0.6 is 0 Å². The van der Waals surface area contributed by atoms with Gasteiger partial charge in [-0.1, -0.05) is 85.0 Å². The van der Waals surface area contributed by atoms with E-state index in [-0.39, 0.29) is 45.2 Å². The number of carbonyl (C=O) groups is 4. The molecule has 2 aliphatic carbocycles. The van der Waals surface area contributed by atoms with E-state index >= 15 is 0 Å². The summed E-state index contributed by atoms with van der Waals surface area (Å²) in [6.45, 7) is 0. The molecular formula is C48H24N4O4. The van der Waals surface area contributed by atoms with E-state index in [4.69, 9.17) is 0 Å². The van der Waals surface area contributed by atoms with Gasteiger partial charge in [0.05, 0.1) is 45.8 Å². The van der Waals surface area contributed by atoms with Crippen LogP contribution in [-0.2, 0) is 0 Å². The first kappa shape index (κ1) is 31.6. The maximum atomic E-state index is 14.4. The number of anilines is 2. The quantitative estimate of drug-likeness (QED) is 0.101. The third-order valence-electron chi connectivity index (χ3n) is 11.6. The normalized spacial score (nSPS) is 16.2. The van der Waals surface area contributed by atoms with Gasteiger partial charge in [-0.05, 0) is 70.4 Å². The topological polar surface area (TPSA) is 122 Å². The summed E-state index contributed by atoms with van der Waals surface area (Å²) in [5.74, 6) is -1.90. The van der Waals surface area contributed by atoms with Crippen molar-refractivity contribution >= 4 is 78.1 Å². The average molecular weight is 721 g/mol. The standard InChI is InChI=1S/C48H24N4O4/c49-23-29-21-37-41-35(45(53)51(47(37)55)31-13-9-27(10-14-31)25-5-1-2-6-25)19-17-33-40-30(24-50)22-38-42-36(20-18-34(44(40)42)39(29)43(33)41)46(54)52(48(38)56)32-15-11-28(12-16-32)26-7-3-4-8-26/h1-22,25-26H. The van der Waals surface area contributed by atoms with E-state index in [9.17, 15) is 29.7 Å². The number of benzene rings is 7. The van der Waals surface area contributed by atoms with Crippen molar-refractivity contribution in [1.29, 1.82) is 10.5 Å². The van der Waals surface area contributed by atoms with Crippen molar-refractivity contribution in [2.24, 2.45) is 0 Å². The summed E-state index contributed by atoms with van der Waals surface area (Å²) in [4.78, 5) is 59.7.